The summed E-state index contributed by atoms with van der Waals surface area (Å²) in [7, 11) is 0. The Morgan fingerprint density at radius 1 is 1.14 bits per heavy atom. The van der Waals surface area contributed by atoms with E-state index in [9.17, 15) is 4.79 Å². The summed E-state index contributed by atoms with van der Waals surface area (Å²) >= 11 is 5.92. The van der Waals surface area contributed by atoms with Crippen molar-refractivity contribution in [3.63, 3.8) is 0 Å². The van der Waals surface area contributed by atoms with Crippen LogP contribution < -0.4 is 5.32 Å². The highest BCUT2D eigenvalue weighted by Gasteiger charge is 2.32. The summed E-state index contributed by atoms with van der Waals surface area (Å²) in [5.74, 6) is 0.236. The predicted molar refractivity (Wildman–Crippen MR) is 85.3 cm³/mol. The molecule has 2 fully saturated rings. The fourth-order valence-corrected chi connectivity index (χ4v) is 3.18. The number of hydrogen-bond donors (Lipinski definition) is 1. The summed E-state index contributed by atoms with van der Waals surface area (Å²) in [5, 5.41) is 4.17. The molecule has 114 valence electrons. The van der Waals surface area contributed by atoms with E-state index in [1.54, 1.807) is 0 Å². The topological polar surface area (TPSA) is 32.3 Å². The van der Waals surface area contributed by atoms with E-state index in [0.717, 1.165) is 23.4 Å². The second-order valence-corrected chi connectivity index (χ2v) is 6.68. The lowest BCUT2D eigenvalue weighted by Gasteiger charge is -2.24. The van der Waals surface area contributed by atoms with E-state index in [-0.39, 0.29) is 5.91 Å². The highest BCUT2D eigenvalue weighted by atomic mass is 35.5. The number of carbonyl (C=O) groups excluding carboxylic acids is 1. The highest BCUT2D eigenvalue weighted by Crippen LogP contribution is 2.28. The van der Waals surface area contributed by atoms with E-state index >= 15 is 0 Å². The SMILES string of the molecule is O=C(CNC1CCCC1)N(Cc1ccc(Cl)cc1)C1CC1. The molecule has 4 heteroatoms. The molecule has 3 rings (SSSR count). The fraction of sp³-hybridized carbons (Fsp3) is 0.588. The van der Waals surface area contributed by atoms with E-state index in [1.807, 2.05) is 29.2 Å². The van der Waals surface area contributed by atoms with Gasteiger partial charge in [0.1, 0.15) is 0 Å². The molecule has 0 spiro atoms. The number of amides is 1. The minimum Gasteiger partial charge on any atom is -0.334 e. The van der Waals surface area contributed by atoms with Gasteiger partial charge in [0.05, 0.1) is 6.54 Å². The largest absolute Gasteiger partial charge is 0.334 e. The van der Waals surface area contributed by atoms with Crippen LogP contribution in [0.2, 0.25) is 5.02 Å². The fourth-order valence-electron chi connectivity index (χ4n) is 3.06. The van der Waals surface area contributed by atoms with Crippen LogP contribution in [-0.2, 0) is 11.3 Å². The number of hydrogen-bond acceptors (Lipinski definition) is 2. The average molecular weight is 307 g/mol. The zero-order chi connectivity index (χ0) is 14.7. The summed E-state index contributed by atoms with van der Waals surface area (Å²) in [5.41, 5.74) is 1.15. The molecule has 1 amide bonds. The molecule has 0 bridgehead atoms. The maximum atomic E-state index is 12.5. The van der Waals surface area contributed by atoms with Crippen molar-refractivity contribution in [1.82, 2.24) is 10.2 Å². The normalized spacial score (nSPS) is 18.9. The predicted octanol–water partition coefficient (Wildman–Crippen LogP) is 3.36. The van der Waals surface area contributed by atoms with Gasteiger partial charge in [-0.2, -0.15) is 0 Å². The third-order valence-electron chi connectivity index (χ3n) is 4.47. The summed E-state index contributed by atoms with van der Waals surface area (Å²) in [6.45, 7) is 1.18. The first kappa shape index (κ1) is 14.9. The van der Waals surface area contributed by atoms with Gasteiger partial charge in [-0.3, -0.25) is 4.79 Å². The molecule has 1 N–H and O–H groups in total. The highest BCUT2D eigenvalue weighted by molar-refractivity contribution is 6.30. The van der Waals surface area contributed by atoms with Crippen molar-refractivity contribution in [2.45, 2.75) is 57.2 Å². The van der Waals surface area contributed by atoms with E-state index in [4.69, 9.17) is 11.6 Å². The number of rotatable bonds is 6. The Morgan fingerprint density at radius 3 is 2.43 bits per heavy atom. The Morgan fingerprint density at radius 2 is 1.81 bits per heavy atom. The first-order valence-corrected chi connectivity index (χ1v) is 8.37. The third-order valence-corrected chi connectivity index (χ3v) is 4.72. The summed E-state index contributed by atoms with van der Waals surface area (Å²) in [4.78, 5) is 14.5. The van der Waals surface area contributed by atoms with Crippen molar-refractivity contribution in [2.75, 3.05) is 6.54 Å². The summed E-state index contributed by atoms with van der Waals surface area (Å²) < 4.78 is 0. The van der Waals surface area contributed by atoms with Crippen molar-refractivity contribution in [3.05, 3.63) is 34.9 Å². The smallest absolute Gasteiger partial charge is 0.237 e. The standard InChI is InChI=1S/C17H23ClN2O/c18-14-7-5-13(6-8-14)12-20(16-9-10-16)17(21)11-19-15-3-1-2-4-15/h5-8,15-16,19H,1-4,9-12H2. The molecule has 21 heavy (non-hydrogen) atoms. The van der Waals surface area contributed by atoms with Crippen molar-refractivity contribution < 1.29 is 4.79 Å². The number of benzene rings is 1. The van der Waals surface area contributed by atoms with Crippen LogP contribution >= 0.6 is 11.6 Å². The average Bonchev–Trinajstić information content (AvgIpc) is 3.19. The molecule has 3 nitrogen and oxygen atoms in total. The van der Waals surface area contributed by atoms with Gasteiger partial charge in [0, 0.05) is 23.7 Å². The van der Waals surface area contributed by atoms with Crippen LogP contribution in [0.4, 0.5) is 0 Å². The van der Waals surface area contributed by atoms with Crippen LogP contribution in [0.1, 0.15) is 44.1 Å². The van der Waals surface area contributed by atoms with Crippen LogP contribution in [0, 0.1) is 0 Å². The summed E-state index contributed by atoms with van der Waals surface area (Å²) in [6.07, 6.45) is 7.30. The molecule has 0 unspecified atom stereocenters. The van der Waals surface area contributed by atoms with Gasteiger partial charge in [-0.05, 0) is 43.4 Å². The van der Waals surface area contributed by atoms with Crippen LogP contribution in [0.15, 0.2) is 24.3 Å². The van der Waals surface area contributed by atoms with Gasteiger partial charge >= 0.3 is 0 Å². The van der Waals surface area contributed by atoms with E-state index < -0.39 is 0 Å². The Kier molecular flexibility index (Phi) is 4.81. The van der Waals surface area contributed by atoms with Gasteiger partial charge in [-0.25, -0.2) is 0 Å². The molecule has 2 aliphatic carbocycles. The third kappa shape index (κ3) is 4.21. The first-order valence-electron chi connectivity index (χ1n) is 7.99. The molecule has 2 saturated carbocycles. The van der Waals surface area contributed by atoms with Gasteiger partial charge in [0.25, 0.3) is 0 Å². The Labute approximate surface area is 131 Å². The minimum atomic E-state index is 0.236. The molecular formula is C17H23ClN2O. The van der Waals surface area contributed by atoms with Gasteiger partial charge < -0.3 is 10.2 Å². The zero-order valence-electron chi connectivity index (χ0n) is 12.4. The Hall–Kier alpha value is -1.06. The van der Waals surface area contributed by atoms with E-state index in [2.05, 4.69) is 5.32 Å². The number of nitrogens with one attached hydrogen (secondary N) is 1. The van der Waals surface area contributed by atoms with E-state index in [1.165, 1.54) is 25.7 Å². The molecule has 0 aromatic heterocycles. The second kappa shape index (κ2) is 6.80. The minimum absolute atomic E-state index is 0.236. The van der Waals surface area contributed by atoms with Gasteiger partial charge in [-0.1, -0.05) is 36.6 Å². The monoisotopic (exact) mass is 306 g/mol. The number of nitrogens with zero attached hydrogens (tertiary/aromatic N) is 1. The molecule has 2 aliphatic rings. The van der Waals surface area contributed by atoms with Crippen molar-refractivity contribution >= 4 is 17.5 Å². The molecule has 0 heterocycles. The lowest BCUT2D eigenvalue weighted by Crippen LogP contribution is -2.41. The lowest BCUT2D eigenvalue weighted by molar-refractivity contribution is -0.131. The van der Waals surface area contributed by atoms with Crippen molar-refractivity contribution in [3.8, 4) is 0 Å². The summed E-state index contributed by atoms with van der Waals surface area (Å²) in [6, 6.07) is 8.79. The second-order valence-electron chi connectivity index (χ2n) is 6.24. The molecule has 1 aromatic carbocycles. The number of halogens is 1. The van der Waals surface area contributed by atoms with Crippen LogP contribution in [0.25, 0.3) is 0 Å². The van der Waals surface area contributed by atoms with Gasteiger partial charge in [0.15, 0.2) is 0 Å². The lowest BCUT2D eigenvalue weighted by atomic mass is 10.2. The van der Waals surface area contributed by atoms with Crippen LogP contribution in [0.3, 0.4) is 0 Å². The molecule has 0 radical (unpaired) electrons. The molecular weight excluding hydrogens is 284 g/mol. The van der Waals surface area contributed by atoms with Gasteiger partial charge in [-0.15, -0.1) is 0 Å². The van der Waals surface area contributed by atoms with Gasteiger partial charge in [0.2, 0.25) is 5.91 Å². The maximum Gasteiger partial charge on any atom is 0.237 e. The first-order chi connectivity index (χ1) is 10.2. The maximum absolute atomic E-state index is 12.5. The van der Waals surface area contributed by atoms with Crippen molar-refractivity contribution in [2.24, 2.45) is 0 Å². The van der Waals surface area contributed by atoms with E-state index in [0.29, 0.717) is 25.2 Å². The van der Waals surface area contributed by atoms with Crippen LogP contribution in [0.5, 0.6) is 0 Å². The quantitative estimate of drug-likeness (QED) is 0.874. The molecule has 1 aromatic rings. The van der Waals surface area contributed by atoms with Crippen LogP contribution in [-0.4, -0.2) is 29.4 Å². The Bertz CT molecular complexity index is 478. The van der Waals surface area contributed by atoms with Crippen molar-refractivity contribution in [1.29, 1.82) is 0 Å². The molecule has 0 aliphatic heterocycles. The molecule has 0 atom stereocenters. The zero-order valence-corrected chi connectivity index (χ0v) is 13.1. The Balaban J connectivity index is 1.55. The number of carbonyl (C=O) groups is 1. The molecule has 0 saturated heterocycles.